The molecule has 3 amide bonds. The van der Waals surface area contributed by atoms with Crippen LogP contribution in [0.5, 0.6) is 0 Å². The van der Waals surface area contributed by atoms with Crippen molar-refractivity contribution in [3.63, 3.8) is 0 Å². The molecular weight excluding hydrogens is 340 g/mol. The Hall–Kier alpha value is -1.79. The number of amides is 3. The molecule has 3 N–H and O–H groups in total. The van der Waals surface area contributed by atoms with Gasteiger partial charge in [0.05, 0.1) is 6.54 Å². The van der Waals surface area contributed by atoms with E-state index in [4.69, 9.17) is 0 Å². The molecule has 25 heavy (non-hydrogen) atoms. The van der Waals surface area contributed by atoms with E-state index >= 15 is 0 Å². The molecule has 0 bridgehead atoms. The quantitative estimate of drug-likeness (QED) is 0.767. The number of carbonyl (C=O) groups excluding carboxylic acids is 2. The zero-order valence-corrected chi connectivity index (χ0v) is 15.5. The second kappa shape index (κ2) is 8.54. The molecule has 0 aromatic heterocycles. The van der Waals surface area contributed by atoms with E-state index in [9.17, 15) is 9.59 Å². The largest absolute Gasteiger partial charge is 0.341 e. The van der Waals surface area contributed by atoms with Gasteiger partial charge < -0.3 is 20.9 Å². The lowest BCUT2D eigenvalue weighted by atomic mass is 9.78. The smallest absolute Gasteiger partial charge is 0.319 e. The summed E-state index contributed by atoms with van der Waals surface area (Å²) in [4.78, 5) is 26.1. The maximum absolute atomic E-state index is 12.3. The molecule has 2 aliphatic heterocycles. The van der Waals surface area contributed by atoms with Crippen LogP contribution in [0.25, 0.3) is 0 Å². The van der Waals surface area contributed by atoms with Crippen LogP contribution in [-0.4, -0.2) is 49.6 Å². The molecule has 1 spiro atoms. The zero-order chi connectivity index (χ0) is 17.0. The first-order valence-corrected chi connectivity index (χ1v) is 8.66. The monoisotopic (exact) mass is 366 g/mol. The maximum Gasteiger partial charge on any atom is 0.319 e. The van der Waals surface area contributed by atoms with Gasteiger partial charge in [-0.05, 0) is 55.8 Å². The molecule has 0 aliphatic carbocycles. The maximum atomic E-state index is 12.3. The van der Waals surface area contributed by atoms with Crippen molar-refractivity contribution < 1.29 is 9.59 Å². The standard InChI is InChI=1S/C18H26N4O2.ClH/c1-14-3-2-4-15(11-14)21-17(24)20-12-16(23)22-9-6-18(7-10-22)5-8-19-13-18;/h2-4,11,19H,5-10,12-13H2,1H3,(H2,20,21,24);1H. The van der Waals surface area contributed by atoms with Gasteiger partial charge in [0, 0.05) is 25.3 Å². The van der Waals surface area contributed by atoms with E-state index < -0.39 is 0 Å². The van der Waals surface area contributed by atoms with Gasteiger partial charge in [-0.3, -0.25) is 4.79 Å². The number of piperidine rings is 1. The summed E-state index contributed by atoms with van der Waals surface area (Å²) in [5.41, 5.74) is 2.20. The van der Waals surface area contributed by atoms with Crippen LogP contribution in [0.15, 0.2) is 24.3 Å². The average Bonchev–Trinajstić information content (AvgIpc) is 3.01. The Balaban J connectivity index is 0.00000225. The van der Waals surface area contributed by atoms with E-state index in [1.54, 1.807) is 0 Å². The third-order valence-corrected chi connectivity index (χ3v) is 5.19. The first kappa shape index (κ1) is 19.5. The van der Waals surface area contributed by atoms with Crippen LogP contribution in [0.4, 0.5) is 10.5 Å². The van der Waals surface area contributed by atoms with Crippen LogP contribution < -0.4 is 16.0 Å². The predicted octanol–water partition coefficient (Wildman–Crippen LogP) is 2.14. The second-order valence-electron chi connectivity index (χ2n) is 6.98. The van der Waals surface area contributed by atoms with E-state index in [0.29, 0.717) is 5.41 Å². The molecule has 2 aliphatic rings. The van der Waals surface area contributed by atoms with Crippen molar-refractivity contribution >= 4 is 30.0 Å². The molecule has 2 fully saturated rings. The highest BCUT2D eigenvalue weighted by atomic mass is 35.5. The van der Waals surface area contributed by atoms with Crippen LogP contribution in [0.1, 0.15) is 24.8 Å². The molecule has 1 aromatic rings. The molecule has 3 rings (SSSR count). The van der Waals surface area contributed by atoms with Crippen LogP contribution in [0.2, 0.25) is 0 Å². The minimum absolute atomic E-state index is 0. The summed E-state index contributed by atoms with van der Waals surface area (Å²) in [6, 6.07) is 7.23. The Morgan fingerprint density at radius 3 is 2.64 bits per heavy atom. The Morgan fingerprint density at radius 2 is 2.00 bits per heavy atom. The fourth-order valence-electron chi connectivity index (χ4n) is 3.62. The summed E-state index contributed by atoms with van der Waals surface area (Å²) >= 11 is 0. The number of likely N-dealkylation sites (tertiary alicyclic amines) is 1. The van der Waals surface area contributed by atoms with Gasteiger partial charge in [-0.25, -0.2) is 4.79 Å². The van der Waals surface area contributed by atoms with Gasteiger partial charge in [0.2, 0.25) is 5.91 Å². The van der Waals surface area contributed by atoms with Crippen molar-refractivity contribution in [2.75, 3.05) is 38.0 Å². The lowest BCUT2D eigenvalue weighted by Gasteiger charge is -2.38. The first-order chi connectivity index (χ1) is 11.6. The van der Waals surface area contributed by atoms with Crippen LogP contribution in [0.3, 0.4) is 0 Å². The highest BCUT2D eigenvalue weighted by molar-refractivity contribution is 5.92. The SMILES string of the molecule is Cc1cccc(NC(=O)NCC(=O)N2CCC3(CCNC3)CC2)c1.Cl. The van der Waals surface area contributed by atoms with Crippen molar-refractivity contribution in [3.8, 4) is 0 Å². The first-order valence-electron chi connectivity index (χ1n) is 8.66. The Morgan fingerprint density at radius 1 is 1.24 bits per heavy atom. The summed E-state index contributed by atoms with van der Waals surface area (Å²) in [6.45, 7) is 5.77. The number of nitrogens with zero attached hydrogens (tertiary/aromatic N) is 1. The van der Waals surface area contributed by atoms with Gasteiger partial charge >= 0.3 is 6.03 Å². The van der Waals surface area contributed by atoms with Crippen LogP contribution >= 0.6 is 12.4 Å². The number of anilines is 1. The molecule has 0 unspecified atom stereocenters. The molecule has 2 heterocycles. The molecule has 0 radical (unpaired) electrons. The topological polar surface area (TPSA) is 73.5 Å². The molecule has 0 atom stereocenters. The number of halogens is 1. The van der Waals surface area contributed by atoms with E-state index in [2.05, 4.69) is 16.0 Å². The number of rotatable bonds is 3. The highest BCUT2D eigenvalue weighted by Crippen LogP contribution is 2.36. The molecule has 2 saturated heterocycles. The van der Waals surface area contributed by atoms with Gasteiger partial charge in [0.25, 0.3) is 0 Å². The average molecular weight is 367 g/mol. The molecule has 1 aromatic carbocycles. The summed E-state index contributed by atoms with van der Waals surface area (Å²) in [7, 11) is 0. The molecular formula is C18H27ClN4O2. The van der Waals surface area contributed by atoms with Gasteiger partial charge in [-0.15, -0.1) is 12.4 Å². The van der Waals surface area contributed by atoms with E-state index in [-0.39, 0.29) is 30.9 Å². The number of nitrogens with one attached hydrogen (secondary N) is 3. The zero-order valence-electron chi connectivity index (χ0n) is 14.6. The molecule has 6 nitrogen and oxygen atoms in total. The van der Waals surface area contributed by atoms with E-state index in [1.165, 1.54) is 6.42 Å². The van der Waals surface area contributed by atoms with Crippen LogP contribution in [0, 0.1) is 12.3 Å². The Labute approximate surface area is 155 Å². The third-order valence-electron chi connectivity index (χ3n) is 5.19. The number of carbonyl (C=O) groups is 2. The van der Waals surface area contributed by atoms with Crippen molar-refractivity contribution in [2.45, 2.75) is 26.2 Å². The van der Waals surface area contributed by atoms with Crippen molar-refractivity contribution in [2.24, 2.45) is 5.41 Å². The normalized spacial score (nSPS) is 18.5. The minimum Gasteiger partial charge on any atom is -0.341 e. The number of hydrogen-bond donors (Lipinski definition) is 3. The molecule has 7 heteroatoms. The third kappa shape index (κ3) is 5.09. The highest BCUT2D eigenvalue weighted by Gasteiger charge is 2.37. The van der Waals surface area contributed by atoms with Crippen molar-refractivity contribution in [1.82, 2.24) is 15.5 Å². The summed E-state index contributed by atoms with van der Waals surface area (Å²) < 4.78 is 0. The number of urea groups is 1. The van der Waals surface area contributed by atoms with Gasteiger partial charge in [-0.1, -0.05) is 12.1 Å². The fourth-order valence-corrected chi connectivity index (χ4v) is 3.62. The predicted molar refractivity (Wildman–Crippen MR) is 101 cm³/mol. The van der Waals surface area contributed by atoms with Crippen LogP contribution in [-0.2, 0) is 4.79 Å². The number of benzene rings is 1. The van der Waals surface area contributed by atoms with Gasteiger partial charge in [-0.2, -0.15) is 0 Å². The fraction of sp³-hybridized carbons (Fsp3) is 0.556. The minimum atomic E-state index is -0.345. The van der Waals surface area contributed by atoms with Crippen molar-refractivity contribution in [3.05, 3.63) is 29.8 Å². The Kier molecular flexibility index (Phi) is 6.67. The lowest BCUT2D eigenvalue weighted by molar-refractivity contribution is -0.132. The Bertz CT molecular complexity index is 607. The van der Waals surface area contributed by atoms with Gasteiger partial charge in [0.15, 0.2) is 0 Å². The summed E-state index contributed by atoms with van der Waals surface area (Å²) in [6.07, 6.45) is 3.33. The summed E-state index contributed by atoms with van der Waals surface area (Å²) in [5, 5.41) is 8.83. The van der Waals surface area contributed by atoms with E-state index in [1.807, 2.05) is 36.1 Å². The number of hydrogen-bond acceptors (Lipinski definition) is 3. The second-order valence-corrected chi connectivity index (χ2v) is 6.98. The van der Waals surface area contributed by atoms with Crippen molar-refractivity contribution in [1.29, 1.82) is 0 Å². The molecule has 0 saturated carbocycles. The van der Waals surface area contributed by atoms with E-state index in [0.717, 1.165) is 50.3 Å². The molecule has 138 valence electrons. The summed E-state index contributed by atoms with van der Waals surface area (Å²) in [5.74, 6) is -0.00445. The lowest BCUT2D eigenvalue weighted by Crippen LogP contribution is -2.47. The number of aryl methyl sites for hydroxylation is 1. The van der Waals surface area contributed by atoms with Gasteiger partial charge in [0.1, 0.15) is 0 Å².